The molecular formula is C5H3FN. The van der Waals surface area contributed by atoms with Crippen molar-refractivity contribution in [2.45, 2.75) is 0 Å². The number of hydrogen-bond acceptors (Lipinski definition) is 1. The highest BCUT2D eigenvalue weighted by molar-refractivity contribution is 4.91. The van der Waals surface area contributed by atoms with Crippen molar-refractivity contribution in [2.24, 2.45) is 0 Å². The second kappa shape index (κ2) is 1.69. The molecule has 0 fully saturated rings. The molecule has 7 heavy (non-hydrogen) atoms. The summed E-state index contributed by atoms with van der Waals surface area (Å²) in [5.74, 6) is -0.296. The second-order valence-corrected chi connectivity index (χ2v) is 1.10. The first-order valence-electron chi connectivity index (χ1n) is 1.87. The second-order valence-electron chi connectivity index (χ2n) is 1.10. The largest absolute Gasteiger partial charge is 0.254 e. The highest BCUT2D eigenvalue weighted by Crippen LogP contribution is 1.87. The normalized spacial score (nSPS) is 8.71. The van der Waals surface area contributed by atoms with Gasteiger partial charge in [-0.15, -0.1) is 0 Å². The van der Waals surface area contributed by atoms with E-state index in [9.17, 15) is 4.39 Å². The predicted molar refractivity (Wildman–Crippen MR) is 23.0 cm³/mol. The molecule has 1 radical (unpaired) electrons. The van der Waals surface area contributed by atoms with Gasteiger partial charge in [0.1, 0.15) is 5.82 Å². The Morgan fingerprint density at radius 1 is 1.71 bits per heavy atom. The van der Waals surface area contributed by atoms with Gasteiger partial charge in [-0.3, -0.25) is 4.98 Å². The molecule has 0 aliphatic carbocycles. The molecule has 0 aromatic carbocycles. The standard InChI is InChI=1S/C5H3FN/c6-5-1-3-7-4-2-5/h1-3H. The number of rotatable bonds is 0. The Balaban J connectivity index is 3.02. The summed E-state index contributed by atoms with van der Waals surface area (Å²) in [5, 5.41) is 0. The summed E-state index contributed by atoms with van der Waals surface area (Å²) in [5.41, 5.74) is 0. The zero-order valence-electron chi connectivity index (χ0n) is 3.56. The fourth-order valence-corrected chi connectivity index (χ4v) is 0.299. The average molecular weight is 96.1 g/mol. The van der Waals surface area contributed by atoms with E-state index in [4.69, 9.17) is 0 Å². The molecule has 0 saturated carbocycles. The lowest BCUT2D eigenvalue weighted by Gasteiger charge is -1.77. The maximum Gasteiger partial charge on any atom is 0.126 e. The molecule has 0 unspecified atom stereocenters. The van der Waals surface area contributed by atoms with Gasteiger partial charge >= 0.3 is 0 Å². The van der Waals surface area contributed by atoms with Crippen molar-refractivity contribution in [3.8, 4) is 0 Å². The lowest BCUT2D eigenvalue weighted by atomic mass is 10.5. The first-order valence-corrected chi connectivity index (χ1v) is 1.87. The first kappa shape index (κ1) is 4.24. The number of nitrogens with zero attached hydrogens (tertiary/aromatic N) is 1. The molecule has 0 bridgehead atoms. The Morgan fingerprint density at radius 2 is 2.57 bits per heavy atom. The summed E-state index contributed by atoms with van der Waals surface area (Å²) in [6.45, 7) is 0. The zero-order chi connectivity index (χ0) is 5.11. The van der Waals surface area contributed by atoms with Gasteiger partial charge in [-0.1, -0.05) is 0 Å². The molecule has 1 rings (SSSR count). The van der Waals surface area contributed by atoms with Crippen LogP contribution in [0.3, 0.4) is 0 Å². The predicted octanol–water partition coefficient (Wildman–Crippen LogP) is 1.02. The molecule has 0 aliphatic rings. The number of aromatic nitrogens is 1. The van der Waals surface area contributed by atoms with E-state index >= 15 is 0 Å². The summed E-state index contributed by atoms with van der Waals surface area (Å²) in [6, 6.07) is 2.45. The highest BCUT2D eigenvalue weighted by Gasteiger charge is 1.78. The Kier molecular flexibility index (Phi) is 1.02. The molecule has 0 amide bonds. The Hall–Kier alpha value is -0.920. The van der Waals surface area contributed by atoms with Crippen molar-refractivity contribution in [1.29, 1.82) is 0 Å². The number of halogens is 1. The minimum absolute atomic E-state index is 0.296. The SMILES string of the molecule is Fc1c[c]ncc1. The van der Waals surface area contributed by atoms with Gasteiger partial charge in [0, 0.05) is 12.3 Å². The van der Waals surface area contributed by atoms with Crippen molar-refractivity contribution in [3.63, 3.8) is 0 Å². The molecule has 0 atom stereocenters. The fourth-order valence-electron chi connectivity index (χ4n) is 0.299. The van der Waals surface area contributed by atoms with E-state index in [2.05, 4.69) is 11.2 Å². The Bertz CT molecular complexity index is 138. The van der Waals surface area contributed by atoms with Gasteiger partial charge < -0.3 is 0 Å². The van der Waals surface area contributed by atoms with Crippen molar-refractivity contribution in [2.75, 3.05) is 0 Å². The van der Waals surface area contributed by atoms with Gasteiger partial charge in [0.15, 0.2) is 0 Å². The maximum absolute atomic E-state index is 11.8. The Morgan fingerprint density at radius 3 is 2.86 bits per heavy atom. The van der Waals surface area contributed by atoms with Crippen LogP contribution in [0.25, 0.3) is 0 Å². The van der Waals surface area contributed by atoms with Crippen molar-refractivity contribution in [3.05, 3.63) is 30.3 Å². The van der Waals surface area contributed by atoms with Crippen LogP contribution in [-0.2, 0) is 0 Å². The van der Waals surface area contributed by atoms with Crippen LogP contribution in [0.15, 0.2) is 18.3 Å². The van der Waals surface area contributed by atoms with Gasteiger partial charge in [-0.05, 0) is 6.07 Å². The summed E-state index contributed by atoms with van der Waals surface area (Å²) < 4.78 is 11.8. The third kappa shape index (κ3) is 0.961. The quantitative estimate of drug-likeness (QED) is 0.470. The van der Waals surface area contributed by atoms with Crippen LogP contribution in [0, 0.1) is 12.0 Å². The molecule has 0 spiro atoms. The lowest BCUT2D eigenvalue weighted by Crippen LogP contribution is -1.70. The lowest BCUT2D eigenvalue weighted by molar-refractivity contribution is 0.625. The van der Waals surface area contributed by atoms with E-state index in [0.717, 1.165) is 0 Å². The monoisotopic (exact) mass is 96.0 g/mol. The maximum atomic E-state index is 11.8. The summed E-state index contributed by atoms with van der Waals surface area (Å²) in [7, 11) is 0. The molecule has 0 aliphatic heterocycles. The van der Waals surface area contributed by atoms with Crippen molar-refractivity contribution >= 4 is 0 Å². The van der Waals surface area contributed by atoms with E-state index in [0.29, 0.717) is 0 Å². The van der Waals surface area contributed by atoms with Crippen molar-refractivity contribution in [1.82, 2.24) is 4.98 Å². The van der Waals surface area contributed by atoms with Crippen LogP contribution in [0.4, 0.5) is 4.39 Å². The zero-order valence-corrected chi connectivity index (χ0v) is 3.56. The van der Waals surface area contributed by atoms with E-state index < -0.39 is 0 Å². The van der Waals surface area contributed by atoms with Gasteiger partial charge in [-0.2, -0.15) is 0 Å². The van der Waals surface area contributed by atoms with E-state index in [1.54, 1.807) is 0 Å². The van der Waals surface area contributed by atoms with E-state index in [1.807, 2.05) is 0 Å². The summed E-state index contributed by atoms with van der Waals surface area (Å²) in [6.07, 6.45) is 3.69. The van der Waals surface area contributed by atoms with Crippen LogP contribution >= 0.6 is 0 Å². The first-order chi connectivity index (χ1) is 3.39. The summed E-state index contributed by atoms with van der Waals surface area (Å²) >= 11 is 0. The molecule has 2 heteroatoms. The van der Waals surface area contributed by atoms with Crippen LogP contribution in [0.1, 0.15) is 0 Å². The molecule has 0 N–H and O–H groups in total. The van der Waals surface area contributed by atoms with Gasteiger partial charge in [0.2, 0.25) is 0 Å². The fraction of sp³-hybridized carbons (Fsp3) is 0. The van der Waals surface area contributed by atoms with E-state index in [1.165, 1.54) is 18.3 Å². The van der Waals surface area contributed by atoms with Crippen LogP contribution in [0.5, 0.6) is 0 Å². The molecule has 35 valence electrons. The third-order valence-electron chi connectivity index (χ3n) is 0.585. The smallest absolute Gasteiger partial charge is 0.126 e. The molecular weight excluding hydrogens is 93.1 g/mol. The van der Waals surface area contributed by atoms with Crippen LogP contribution < -0.4 is 0 Å². The average Bonchev–Trinajstić information content (AvgIpc) is 1.69. The number of hydrogen-bond donors (Lipinski definition) is 0. The van der Waals surface area contributed by atoms with Gasteiger partial charge in [0.05, 0.1) is 6.20 Å². The van der Waals surface area contributed by atoms with E-state index in [-0.39, 0.29) is 5.82 Å². The molecule has 1 aromatic heterocycles. The van der Waals surface area contributed by atoms with Crippen LogP contribution in [-0.4, -0.2) is 4.98 Å². The number of pyridine rings is 1. The van der Waals surface area contributed by atoms with Gasteiger partial charge in [0.25, 0.3) is 0 Å². The molecule has 1 heterocycles. The molecule has 1 nitrogen and oxygen atoms in total. The third-order valence-corrected chi connectivity index (χ3v) is 0.585. The molecule has 1 aromatic rings. The Labute approximate surface area is 40.8 Å². The topological polar surface area (TPSA) is 12.9 Å². The van der Waals surface area contributed by atoms with Gasteiger partial charge in [-0.25, -0.2) is 4.39 Å². The highest BCUT2D eigenvalue weighted by atomic mass is 19.1. The van der Waals surface area contributed by atoms with Crippen molar-refractivity contribution < 1.29 is 4.39 Å². The molecule has 0 saturated heterocycles. The minimum Gasteiger partial charge on any atom is -0.254 e. The minimum atomic E-state index is -0.296. The van der Waals surface area contributed by atoms with Crippen LogP contribution in [0.2, 0.25) is 0 Å². The summed E-state index contributed by atoms with van der Waals surface area (Å²) in [4.78, 5) is 3.48.